The molecule has 2 rings (SSSR count). The largest absolute Gasteiger partial charge is 0.396 e. The third-order valence-electron chi connectivity index (χ3n) is 2.89. The Labute approximate surface area is 112 Å². The summed E-state index contributed by atoms with van der Waals surface area (Å²) in [4.78, 5) is 6.29. The first kappa shape index (κ1) is 12.7. The molecule has 0 aliphatic heterocycles. The molecule has 0 saturated heterocycles. The van der Waals surface area contributed by atoms with Gasteiger partial charge in [0.15, 0.2) is 5.82 Å². The minimum Gasteiger partial charge on any atom is -0.396 e. The van der Waals surface area contributed by atoms with Crippen molar-refractivity contribution in [2.24, 2.45) is 0 Å². The Bertz CT molecular complexity index is 554. The van der Waals surface area contributed by atoms with Crippen molar-refractivity contribution in [2.75, 3.05) is 17.7 Å². The molecule has 94 valence electrons. The van der Waals surface area contributed by atoms with E-state index in [1.54, 1.807) is 12.3 Å². The van der Waals surface area contributed by atoms with E-state index in [1.807, 2.05) is 24.1 Å². The highest BCUT2D eigenvalue weighted by Crippen LogP contribution is 2.24. The lowest BCUT2D eigenvalue weighted by atomic mass is 10.1. The summed E-state index contributed by atoms with van der Waals surface area (Å²) in [5.41, 5.74) is 9.04. The molecule has 0 amide bonds. The first-order chi connectivity index (χ1) is 8.58. The SMILES string of the molecule is Cc1ccccc1CN(C)c1ncc(Cl)cc1N. The predicted octanol–water partition coefficient (Wildman–Crippen LogP) is 3.26. The maximum Gasteiger partial charge on any atom is 0.151 e. The van der Waals surface area contributed by atoms with Gasteiger partial charge in [-0.15, -0.1) is 0 Å². The highest BCUT2D eigenvalue weighted by Gasteiger charge is 2.09. The van der Waals surface area contributed by atoms with Gasteiger partial charge in [0.2, 0.25) is 0 Å². The van der Waals surface area contributed by atoms with E-state index in [1.165, 1.54) is 11.1 Å². The van der Waals surface area contributed by atoms with Crippen molar-refractivity contribution in [1.29, 1.82) is 0 Å². The summed E-state index contributed by atoms with van der Waals surface area (Å²) in [7, 11) is 1.97. The minimum atomic E-state index is 0.556. The van der Waals surface area contributed by atoms with E-state index in [-0.39, 0.29) is 0 Å². The number of halogens is 1. The number of hydrogen-bond donors (Lipinski definition) is 1. The average Bonchev–Trinajstić information content (AvgIpc) is 2.32. The zero-order chi connectivity index (χ0) is 13.1. The number of pyridine rings is 1. The van der Waals surface area contributed by atoms with Crippen LogP contribution < -0.4 is 10.6 Å². The van der Waals surface area contributed by atoms with E-state index in [0.29, 0.717) is 10.7 Å². The summed E-state index contributed by atoms with van der Waals surface area (Å²) < 4.78 is 0. The molecule has 0 radical (unpaired) electrons. The Kier molecular flexibility index (Phi) is 3.72. The molecule has 3 nitrogen and oxygen atoms in total. The molecule has 0 spiro atoms. The van der Waals surface area contributed by atoms with E-state index >= 15 is 0 Å². The van der Waals surface area contributed by atoms with Gasteiger partial charge in [-0.1, -0.05) is 35.9 Å². The van der Waals surface area contributed by atoms with Crippen LogP contribution in [0.1, 0.15) is 11.1 Å². The molecule has 0 bridgehead atoms. The van der Waals surface area contributed by atoms with Crippen molar-refractivity contribution in [3.63, 3.8) is 0 Å². The molecule has 0 unspecified atom stereocenters. The van der Waals surface area contributed by atoms with Crippen molar-refractivity contribution < 1.29 is 0 Å². The Morgan fingerprint density at radius 3 is 2.72 bits per heavy atom. The Morgan fingerprint density at radius 2 is 2.06 bits per heavy atom. The molecule has 0 aliphatic rings. The van der Waals surface area contributed by atoms with Gasteiger partial charge in [-0.2, -0.15) is 0 Å². The molecule has 18 heavy (non-hydrogen) atoms. The molecule has 0 atom stereocenters. The fraction of sp³-hybridized carbons (Fsp3) is 0.214. The normalized spacial score (nSPS) is 10.4. The van der Waals surface area contributed by atoms with Crippen molar-refractivity contribution in [2.45, 2.75) is 13.5 Å². The lowest BCUT2D eigenvalue weighted by Gasteiger charge is -2.20. The lowest BCUT2D eigenvalue weighted by Crippen LogP contribution is -2.19. The number of benzene rings is 1. The first-order valence-corrected chi connectivity index (χ1v) is 6.12. The molecule has 2 aromatic rings. The number of aryl methyl sites for hydroxylation is 1. The van der Waals surface area contributed by atoms with Crippen LogP contribution in [-0.4, -0.2) is 12.0 Å². The third kappa shape index (κ3) is 2.74. The molecule has 0 saturated carbocycles. The van der Waals surface area contributed by atoms with Gasteiger partial charge in [-0.25, -0.2) is 4.98 Å². The molecular weight excluding hydrogens is 246 g/mol. The molecular formula is C14H16ClN3. The quantitative estimate of drug-likeness (QED) is 0.922. The summed E-state index contributed by atoms with van der Waals surface area (Å²) in [5, 5.41) is 0.556. The fourth-order valence-corrected chi connectivity index (χ4v) is 2.05. The van der Waals surface area contributed by atoms with Gasteiger partial charge in [0.05, 0.1) is 10.7 Å². The monoisotopic (exact) mass is 261 g/mol. The average molecular weight is 262 g/mol. The summed E-state index contributed by atoms with van der Waals surface area (Å²) in [6, 6.07) is 10.0. The summed E-state index contributed by atoms with van der Waals surface area (Å²) >= 11 is 5.85. The van der Waals surface area contributed by atoms with Gasteiger partial charge in [-0.05, 0) is 24.1 Å². The van der Waals surface area contributed by atoms with Crippen LogP contribution in [0.3, 0.4) is 0 Å². The highest BCUT2D eigenvalue weighted by atomic mass is 35.5. The molecule has 0 fully saturated rings. The molecule has 1 heterocycles. The fourth-order valence-electron chi connectivity index (χ4n) is 1.88. The van der Waals surface area contributed by atoms with E-state index in [9.17, 15) is 0 Å². The van der Waals surface area contributed by atoms with E-state index < -0.39 is 0 Å². The number of nitrogen functional groups attached to an aromatic ring is 1. The number of nitrogens with two attached hydrogens (primary N) is 1. The van der Waals surface area contributed by atoms with Crippen molar-refractivity contribution >= 4 is 23.1 Å². The summed E-state index contributed by atoms with van der Waals surface area (Å²) in [6.45, 7) is 2.87. The first-order valence-electron chi connectivity index (χ1n) is 5.74. The number of rotatable bonds is 3. The molecule has 0 aliphatic carbocycles. The van der Waals surface area contributed by atoms with Crippen molar-refractivity contribution in [1.82, 2.24) is 4.98 Å². The topological polar surface area (TPSA) is 42.2 Å². The second-order valence-corrected chi connectivity index (χ2v) is 4.79. The summed E-state index contributed by atoms with van der Waals surface area (Å²) in [5.74, 6) is 0.752. The van der Waals surface area contributed by atoms with E-state index in [4.69, 9.17) is 17.3 Å². The van der Waals surface area contributed by atoms with Gasteiger partial charge in [-0.3, -0.25) is 0 Å². The van der Waals surface area contributed by atoms with Crippen molar-refractivity contribution in [3.8, 4) is 0 Å². The summed E-state index contributed by atoms with van der Waals surface area (Å²) in [6.07, 6.45) is 1.61. The van der Waals surface area contributed by atoms with Crippen LogP contribution in [0.15, 0.2) is 36.5 Å². The number of hydrogen-bond acceptors (Lipinski definition) is 3. The van der Waals surface area contributed by atoms with Crippen LogP contribution in [0.2, 0.25) is 5.02 Å². The molecule has 4 heteroatoms. The number of aromatic nitrogens is 1. The maximum atomic E-state index is 5.93. The standard InChI is InChI=1S/C14H16ClN3/c1-10-5-3-4-6-11(10)9-18(2)14-13(16)7-12(15)8-17-14/h3-8H,9,16H2,1-2H3. The Morgan fingerprint density at radius 1 is 1.33 bits per heavy atom. The Balaban J connectivity index is 2.22. The second-order valence-electron chi connectivity index (χ2n) is 4.35. The van der Waals surface area contributed by atoms with Crippen LogP contribution >= 0.6 is 11.6 Å². The van der Waals surface area contributed by atoms with Gasteiger partial charge in [0.25, 0.3) is 0 Å². The predicted molar refractivity (Wildman–Crippen MR) is 76.9 cm³/mol. The molecule has 2 N–H and O–H groups in total. The smallest absolute Gasteiger partial charge is 0.151 e. The van der Waals surface area contributed by atoms with Crippen molar-refractivity contribution in [3.05, 3.63) is 52.7 Å². The van der Waals surface area contributed by atoms with Crippen LogP contribution in [0, 0.1) is 6.92 Å². The van der Waals surface area contributed by atoms with Crippen LogP contribution in [-0.2, 0) is 6.54 Å². The highest BCUT2D eigenvalue weighted by molar-refractivity contribution is 6.30. The number of nitrogens with zero attached hydrogens (tertiary/aromatic N) is 2. The lowest BCUT2D eigenvalue weighted by molar-refractivity contribution is 0.893. The van der Waals surface area contributed by atoms with Crippen LogP contribution in [0.25, 0.3) is 0 Å². The van der Waals surface area contributed by atoms with Crippen LogP contribution in [0.5, 0.6) is 0 Å². The number of anilines is 2. The van der Waals surface area contributed by atoms with E-state index in [0.717, 1.165) is 12.4 Å². The third-order valence-corrected chi connectivity index (χ3v) is 3.10. The molecule has 1 aromatic carbocycles. The maximum absolute atomic E-state index is 5.93. The zero-order valence-corrected chi connectivity index (χ0v) is 11.3. The second kappa shape index (κ2) is 5.27. The Hall–Kier alpha value is -1.74. The van der Waals surface area contributed by atoms with Gasteiger partial charge in [0.1, 0.15) is 0 Å². The van der Waals surface area contributed by atoms with Gasteiger partial charge >= 0.3 is 0 Å². The minimum absolute atomic E-state index is 0.556. The zero-order valence-electron chi connectivity index (χ0n) is 10.5. The van der Waals surface area contributed by atoms with Gasteiger partial charge < -0.3 is 10.6 Å². The van der Waals surface area contributed by atoms with E-state index in [2.05, 4.69) is 24.0 Å². The van der Waals surface area contributed by atoms with Crippen LogP contribution in [0.4, 0.5) is 11.5 Å². The molecule has 1 aromatic heterocycles. The van der Waals surface area contributed by atoms with Gasteiger partial charge in [0, 0.05) is 19.8 Å².